The minimum Gasteiger partial charge on any atom is -0.475 e. The van der Waals surface area contributed by atoms with Gasteiger partial charge in [0.25, 0.3) is 0 Å². The Morgan fingerprint density at radius 2 is 2.00 bits per heavy atom. The quantitative estimate of drug-likeness (QED) is 0.724. The zero-order chi connectivity index (χ0) is 12.6. The highest BCUT2D eigenvalue weighted by Gasteiger charge is 2.23. The Balaban J connectivity index is 2.06. The lowest BCUT2D eigenvalue weighted by Crippen LogP contribution is -2.20. The van der Waals surface area contributed by atoms with Gasteiger partial charge < -0.3 is 9.47 Å². The third kappa shape index (κ3) is 3.61. The number of rotatable bonds is 5. The zero-order valence-electron chi connectivity index (χ0n) is 11.0. The fourth-order valence-corrected chi connectivity index (χ4v) is 2.39. The molecule has 0 aromatic heterocycles. The molecule has 0 bridgehead atoms. The molecule has 2 atom stereocenters. The van der Waals surface area contributed by atoms with Gasteiger partial charge >= 0.3 is 0 Å². The van der Waals surface area contributed by atoms with E-state index in [4.69, 9.17) is 9.47 Å². The van der Waals surface area contributed by atoms with Crippen LogP contribution in [0.5, 0.6) is 0 Å². The molecule has 0 N–H and O–H groups in total. The summed E-state index contributed by atoms with van der Waals surface area (Å²) in [7, 11) is 0. The fraction of sp³-hybridized carbons (Fsp3) is 0.500. The van der Waals surface area contributed by atoms with Crippen molar-refractivity contribution in [2.45, 2.75) is 44.6 Å². The fourth-order valence-electron chi connectivity index (χ4n) is 2.39. The van der Waals surface area contributed by atoms with Crippen LogP contribution in [0, 0.1) is 0 Å². The Morgan fingerprint density at radius 3 is 2.78 bits per heavy atom. The molecule has 98 valence electrons. The van der Waals surface area contributed by atoms with Crippen LogP contribution >= 0.6 is 0 Å². The van der Waals surface area contributed by atoms with Crippen molar-refractivity contribution in [1.82, 2.24) is 0 Å². The zero-order valence-corrected chi connectivity index (χ0v) is 11.0. The van der Waals surface area contributed by atoms with E-state index in [1.807, 2.05) is 6.07 Å². The van der Waals surface area contributed by atoms with E-state index in [9.17, 15) is 0 Å². The molecule has 1 aromatic rings. The van der Waals surface area contributed by atoms with Crippen LogP contribution in [0.4, 0.5) is 0 Å². The summed E-state index contributed by atoms with van der Waals surface area (Å²) >= 11 is 0. The molecule has 0 aliphatic carbocycles. The first-order valence-electron chi connectivity index (χ1n) is 6.86. The maximum atomic E-state index is 5.83. The summed E-state index contributed by atoms with van der Waals surface area (Å²) in [4.78, 5) is 0. The Morgan fingerprint density at radius 1 is 1.17 bits per heavy atom. The maximum absolute atomic E-state index is 5.83. The van der Waals surface area contributed by atoms with Gasteiger partial charge in [-0.25, -0.2) is 0 Å². The molecule has 2 nitrogen and oxygen atoms in total. The average molecular weight is 246 g/mol. The molecular formula is C16H22O2. The van der Waals surface area contributed by atoms with E-state index in [0.29, 0.717) is 12.7 Å². The van der Waals surface area contributed by atoms with Gasteiger partial charge in [0, 0.05) is 5.92 Å². The van der Waals surface area contributed by atoms with E-state index in [1.54, 1.807) is 6.26 Å². The van der Waals surface area contributed by atoms with Crippen LogP contribution in [0.3, 0.4) is 0 Å². The molecule has 2 heteroatoms. The molecule has 0 fully saturated rings. The highest BCUT2D eigenvalue weighted by Crippen LogP contribution is 2.28. The first-order chi connectivity index (χ1) is 8.92. The molecule has 0 radical (unpaired) electrons. The van der Waals surface area contributed by atoms with Crippen molar-refractivity contribution in [2.24, 2.45) is 0 Å². The minimum absolute atomic E-state index is 0.234. The van der Waals surface area contributed by atoms with Gasteiger partial charge in [0.15, 0.2) is 6.79 Å². The van der Waals surface area contributed by atoms with E-state index < -0.39 is 0 Å². The average Bonchev–Trinajstić information content (AvgIpc) is 2.66. The van der Waals surface area contributed by atoms with Crippen LogP contribution < -0.4 is 0 Å². The molecule has 1 aromatic carbocycles. The number of ether oxygens (including phenoxy) is 2. The number of hydrogen-bond acceptors (Lipinski definition) is 2. The predicted molar refractivity (Wildman–Crippen MR) is 73.3 cm³/mol. The minimum atomic E-state index is 0.234. The lowest BCUT2D eigenvalue weighted by atomic mass is 9.90. The van der Waals surface area contributed by atoms with Gasteiger partial charge in [-0.1, -0.05) is 56.5 Å². The third-order valence-corrected chi connectivity index (χ3v) is 3.41. The van der Waals surface area contributed by atoms with E-state index in [0.717, 1.165) is 6.42 Å². The Hall–Kier alpha value is -1.28. The lowest BCUT2D eigenvalue weighted by Gasteiger charge is -2.23. The van der Waals surface area contributed by atoms with Crippen LogP contribution in [-0.2, 0) is 9.47 Å². The van der Waals surface area contributed by atoms with Crippen LogP contribution in [0.15, 0.2) is 42.7 Å². The summed E-state index contributed by atoms with van der Waals surface area (Å²) in [5, 5.41) is 0. The van der Waals surface area contributed by atoms with Crippen LogP contribution in [0.2, 0.25) is 0 Å². The van der Waals surface area contributed by atoms with Crippen molar-refractivity contribution < 1.29 is 9.47 Å². The summed E-state index contributed by atoms with van der Waals surface area (Å²) in [5.41, 5.74) is 1.31. The van der Waals surface area contributed by atoms with Gasteiger partial charge in [-0.2, -0.15) is 0 Å². The predicted octanol–water partition coefficient (Wildman–Crippen LogP) is 4.24. The largest absolute Gasteiger partial charge is 0.475 e. The van der Waals surface area contributed by atoms with Crippen molar-refractivity contribution in [3.8, 4) is 0 Å². The molecule has 0 amide bonds. The molecule has 0 saturated heterocycles. The summed E-state index contributed by atoms with van der Waals surface area (Å²) in [6, 6.07) is 10.5. The Kier molecular flexibility index (Phi) is 5.28. The van der Waals surface area contributed by atoms with E-state index in [2.05, 4.69) is 37.3 Å². The van der Waals surface area contributed by atoms with Crippen molar-refractivity contribution >= 4 is 0 Å². The second-order valence-electron chi connectivity index (χ2n) is 4.75. The highest BCUT2D eigenvalue weighted by molar-refractivity contribution is 5.25. The first-order valence-corrected chi connectivity index (χ1v) is 6.86. The van der Waals surface area contributed by atoms with E-state index in [-0.39, 0.29) is 6.10 Å². The van der Waals surface area contributed by atoms with Crippen molar-refractivity contribution in [1.29, 1.82) is 0 Å². The lowest BCUT2D eigenvalue weighted by molar-refractivity contribution is -0.0560. The molecule has 18 heavy (non-hydrogen) atoms. The topological polar surface area (TPSA) is 18.5 Å². The van der Waals surface area contributed by atoms with Crippen molar-refractivity contribution in [2.75, 3.05) is 6.79 Å². The second-order valence-corrected chi connectivity index (χ2v) is 4.75. The second kappa shape index (κ2) is 7.22. The Bertz CT molecular complexity index is 359. The SMILES string of the molecule is CCCCC[C@@H]1OCOC=C[C@H]1c1ccccc1. The van der Waals surface area contributed by atoms with Gasteiger partial charge in [0.1, 0.15) is 0 Å². The van der Waals surface area contributed by atoms with Gasteiger partial charge in [0.05, 0.1) is 12.4 Å². The summed E-state index contributed by atoms with van der Waals surface area (Å²) in [6.07, 6.45) is 8.97. The van der Waals surface area contributed by atoms with Crippen molar-refractivity contribution in [3.63, 3.8) is 0 Å². The molecule has 2 rings (SSSR count). The molecular weight excluding hydrogens is 224 g/mol. The van der Waals surface area contributed by atoms with Crippen LogP contribution in [0.1, 0.15) is 44.1 Å². The van der Waals surface area contributed by atoms with Crippen molar-refractivity contribution in [3.05, 3.63) is 48.2 Å². The summed E-state index contributed by atoms with van der Waals surface area (Å²) in [6.45, 7) is 2.60. The third-order valence-electron chi connectivity index (χ3n) is 3.41. The smallest absolute Gasteiger partial charge is 0.188 e. The first kappa shape index (κ1) is 13.2. The monoisotopic (exact) mass is 246 g/mol. The number of benzene rings is 1. The van der Waals surface area contributed by atoms with E-state index in [1.165, 1.54) is 24.8 Å². The normalized spacial score (nSPS) is 23.4. The van der Waals surface area contributed by atoms with Gasteiger partial charge in [-0.15, -0.1) is 0 Å². The maximum Gasteiger partial charge on any atom is 0.188 e. The highest BCUT2D eigenvalue weighted by atomic mass is 16.7. The van der Waals surface area contributed by atoms with E-state index >= 15 is 0 Å². The standard InChI is InChI=1S/C16H22O2/c1-2-3-5-10-16-15(11-12-17-13-18-16)14-8-6-4-7-9-14/h4,6-9,11-12,15-16H,2-3,5,10,13H2,1H3/t15-,16-/m0/s1. The molecule has 0 spiro atoms. The molecule has 0 unspecified atom stereocenters. The summed E-state index contributed by atoms with van der Waals surface area (Å²) < 4.78 is 11.1. The molecule has 1 aliphatic rings. The molecule has 1 heterocycles. The van der Waals surface area contributed by atoms with Gasteiger partial charge in [-0.05, 0) is 18.1 Å². The van der Waals surface area contributed by atoms with Crippen LogP contribution in [0.25, 0.3) is 0 Å². The Labute approximate surface area is 110 Å². The summed E-state index contributed by atoms with van der Waals surface area (Å²) in [5.74, 6) is 0.311. The number of unbranched alkanes of at least 4 members (excludes halogenated alkanes) is 2. The van der Waals surface area contributed by atoms with Crippen LogP contribution in [-0.4, -0.2) is 12.9 Å². The van der Waals surface area contributed by atoms with Gasteiger partial charge in [0.2, 0.25) is 0 Å². The van der Waals surface area contributed by atoms with Gasteiger partial charge in [-0.3, -0.25) is 0 Å². The molecule has 1 aliphatic heterocycles. The number of hydrogen-bond donors (Lipinski definition) is 0. The molecule has 0 saturated carbocycles.